The maximum absolute atomic E-state index is 14.3. The van der Waals surface area contributed by atoms with E-state index >= 15 is 0 Å². The molecule has 3 aromatic rings. The fourth-order valence-electron chi connectivity index (χ4n) is 4.16. The Morgan fingerprint density at radius 3 is 2.60 bits per heavy atom. The van der Waals surface area contributed by atoms with Crippen LogP contribution in [0.2, 0.25) is 0 Å². The van der Waals surface area contributed by atoms with Gasteiger partial charge in [0, 0.05) is 30.8 Å². The van der Waals surface area contributed by atoms with Crippen molar-refractivity contribution >= 4 is 11.9 Å². The van der Waals surface area contributed by atoms with Crippen LogP contribution in [0, 0.1) is 24.1 Å². The highest BCUT2D eigenvalue weighted by Crippen LogP contribution is 2.30. The second kappa shape index (κ2) is 9.79. The first-order valence-electron chi connectivity index (χ1n) is 11.7. The number of halogens is 1. The standard InChI is InChI=1S/C27H30FN5O2/c1-18-7-11-22(12-8-18)33-25(15-24(31-33)19-9-10-20(16-29)23(28)14-19)32-13-5-6-21(17-32)30-26(34)35-27(2,3)4/h7-12,14-15,21H,5-6,13,17H2,1-4H3,(H,30,34). The number of carbonyl (C=O) groups excluding carboxylic acids is 1. The molecule has 35 heavy (non-hydrogen) atoms. The molecule has 7 nitrogen and oxygen atoms in total. The van der Waals surface area contributed by atoms with Crippen LogP contribution in [-0.2, 0) is 4.74 Å². The van der Waals surface area contributed by atoms with Crippen LogP contribution in [0.5, 0.6) is 0 Å². The molecular weight excluding hydrogens is 445 g/mol. The number of ether oxygens (including phenoxy) is 1. The topological polar surface area (TPSA) is 83.2 Å². The number of carbonyl (C=O) groups is 1. The predicted octanol–water partition coefficient (Wildman–Crippen LogP) is 5.35. The first kappa shape index (κ1) is 24.3. The van der Waals surface area contributed by atoms with Crippen molar-refractivity contribution in [1.82, 2.24) is 15.1 Å². The number of nitriles is 1. The summed E-state index contributed by atoms with van der Waals surface area (Å²) in [5, 5.41) is 16.9. The van der Waals surface area contributed by atoms with Gasteiger partial charge < -0.3 is 15.0 Å². The lowest BCUT2D eigenvalue weighted by Gasteiger charge is -2.35. The quantitative estimate of drug-likeness (QED) is 0.550. The molecule has 182 valence electrons. The Bertz CT molecular complexity index is 1250. The van der Waals surface area contributed by atoms with Crippen molar-refractivity contribution in [3.63, 3.8) is 0 Å². The number of aryl methyl sites for hydroxylation is 1. The van der Waals surface area contributed by atoms with E-state index in [1.54, 1.807) is 6.07 Å². The van der Waals surface area contributed by atoms with Gasteiger partial charge in [-0.2, -0.15) is 10.4 Å². The van der Waals surface area contributed by atoms with Gasteiger partial charge in [0.25, 0.3) is 0 Å². The number of alkyl carbamates (subject to hydrolysis) is 1. The van der Waals surface area contributed by atoms with Gasteiger partial charge in [-0.1, -0.05) is 23.8 Å². The van der Waals surface area contributed by atoms with E-state index in [2.05, 4.69) is 10.2 Å². The number of rotatable bonds is 4. The van der Waals surface area contributed by atoms with Gasteiger partial charge in [-0.15, -0.1) is 0 Å². The number of hydrogen-bond acceptors (Lipinski definition) is 5. The number of nitrogens with one attached hydrogen (secondary N) is 1. The minimum Gasteiger partial charge on any atom is -0.444 e. The van der Waals surface area contributed by atoms with Gasteiger partial charge in [0.15, 0.2) is 0 Å². The van der Waals surface area contributed by atoms with Crippen molar-refractivity contribution in [1.29, 1.82) is 5.26 Å². The van der Waals surface area contributed by atoms with Crippen LogP contribution in [-0.4, -0.2) is 40.6 Å². The Labute approximate surface area is 205 Å². The zero-order chi connectivity index (χ0) is 25.2. The molecule has 0 aliphatic carbocycles. The lowest BCUT2D eigenvalue weighted by Crippen LogP contribution is -2.49. The Balaban J connectivity index is 1.66. The number of aromatic nitrogens is 2. The van der Waals surface area contributed by atoms with Gasteiger partial charge in [0.1, 0.15) is 23.3 Å². The molecule has 1 amide bonds. The molecule has 1 saturated heterocycles. The molecule has 0 saturated carbocycles. The number of piperidine rings is 1. The molecule has 0 bridgehead atoms. The Hall–Kier alpha value is -3.86. The van der Waals surface area contributed by atoms with E-state index in [1.807, 2.05) is 68.8 Å². The van der Waals surface area contributed by atoms with E-state index < -0.39 is 17.5 Å². The van der Waals surface area contributed by atoms with Gasteiger partial charge in [0.2, 0.25) is 0 Å². The van der Waals surface area contributed by atoms with Crippen molar-refractivity contribution in [3.8, 4) is 23.0 Å². The molecule has 8 heteroatoms. The maximum atomic E-state index is 14.3. The van der Waals surface area contributed by atoms with Crippen LogP contribution in [0.4, 0.5) is 15.0 Å². The highest BCUT2D eigenvalue weighted by molar-refractivity contribution is 5.69. The Morgan fingerprint density at radius 2 is 1.94 bits per heavy atom. The molecule has 2 heterocycles. The minimum atomic E-state index is -0.573. The zero-order valence-electron chi connectivity index (χ0n) is 20.5. The fraction of sp³-hybridized carbons (Fsp3) is 0.370. The molecule has 2 aromatic carbocycles. The summed E-state index contributed by atoms with van der Waals surface area (Å²) in [6.45, 7) is 8.94. The van der Waals surface area contributed by atoms with E-state index in [0.29, 0.717) is 17.8 Å². The molecule has 1 aromatic heterocycles. The molecule has 4 rings (SSSR count). The van der Waals surface area contributed by atoms with Crippen LogP contribution in [0.15, 0.2) is 48.5 Å². The molecule has 1 unspecified atom stereocenters. The Morgan fingerprint density at radius 1 is 1.20 bits per heavy atom. The lowest BCUT2D eigenvalue weighted by atomic mass is 10.1. The highest BCUT2D eigenvalue weighted by Gasteiger charge is 2.27. The SMILES string of the molecule is Cc1ccc(-n2nc(-c3ccc(C#N)c(F)c3)cc2N2CCCC(NC(=O)OC(C)(C)C)C2)cc1. The van der Waals surface area contributed by atoms with Crippen molar-refractivity contribution < 1.29 is 13.9 Å². The molecule has 0 radical (unpaired) electrons. The predicted molar refractivity (Wildman–Crippen MR) is 133 cm³/mol. The molecule has 1 fully saturated rings. The van der Waals surface area contributed by atoms with Gasteiger partial charge in [-0.25, -0.2) is 13.9 Å². The third kappa shape index (κ3) is 5.80. The zero-order valence-corrected chi connectivity index (χ0v) is 20.5. The minimum absolute atomic E-state index is 0.000898. The normalized spacial score (nSPS) is 16.0. The van der Waals surface area contributed by atoms with Crippen LogP contribution < -0.4 is 10.2 Å². The van der Waals surface area contributed by atoms with Crippen molar-refractivity contribution in [3.05, 3.63) is 65.5 Å². The first-order chi connectivity index (χ1) is 16.6. The highest BCUT2D eigenvalue weighted by atomic mass is 19.1. The van der Waals surface area contributed by atoms with Gasteiger partial charge in [-0.3, -0.25) is 0 Å². The van der Waals surface area contributed by atoms with Crippen LogP contribution in [0.1, 0.15) is 44.7 Å². The smallest absolute Gasteiger partial charge is 0.407 e. The lowest BCUT2D eigenvalue weighted by molar-refractivity contribution is 0.0500. The first-order valence-corrected chi connectivity index (χ1v) is 11.7. The van der Waals surface area contributed by atoms with E-state index in [9.17, 15) is 9.18 Å². The van der Waals surface area contributed by atoms with Gasteiger partial charge >= 0.3 is 6.09 Å². The third-order valence-electron chi connectivity index (χ3n) is 5.82. The van der Waals surface area contributed by atoms with Crippen molar-refractivity contribution in [2.24, 2.45) is 0 Å². The monoisotopic (exact) mass is 475 g/mol. The summed E-state index contributed by atoms with van der Waals surface area (Å²) in [7, 11) is 0. The molecule has 1 aliphatic heterocycles. The molecule has 0 spiro atoms. The summed E-state index contributed by atoms with van der Waals surface area (Å²) in [6, 6.07) is 16.3. The molecule has 1 atom stereocenters. The van der Waals surface area contributed by atoms with E-state index in [0.717, 1.165) is 36.5 Å². The molecule has 1 N–H and O–H groups in total. The second-order valence-corrected chi connectivity index (χ2v) is 9.87. The van der Waals surface area contributed by atoms with Crippen LogP contribution >= 0.6 is 0 Å². The second-order valence-electron chi connectivity index (χ2n) is 9.87. The van der Waals surface area contributed by atoms with E-state index in [4.69, 9.17) is 15.1 Å². The van der Waals surface area contributed by atoms with E-state index in [1.165, 1.54) is 12.1 Å². The third-order valence-corrected chi connectivity index (χ3v) is 5.82. The van der Waals surface area contributed by atoms with Gasteiger partial charge in [-0.05, 0) is 64.8 Å². The van der Waals surface area contributed by atoms with Gasteiger partial charge in [0.05, 0.1) is 16.9 Å². The van der Waals surface area contributed by atoms with Crippen molar-refractivity contribution in [2.75, 3.05) is 18.0 Å². The molecule has 1 aliphatic rings. The number of benzene rings is 2. The number of anilines is 1. The number of nitrogens with zero attached hydrogens (tertiary/aromatic N) is 4. The average molecular weight is 476 g/mol. The van der Waals surface area contributed by atoms with Crippen LogP contribution in [0.25, 0.3) is 16.9 Å². The average Bonchev–Trinajstić information content (AvgIpc) is 3.24. The van der Waals surface area contributed by atoms with E-state index in [-0.39, 0.29) is 11.6 Å². The maximum Gasteiger partial charge on any atom is 0.407 e. The summed E-state index contributed by atoms with van der Waals surface area (Å²) in [4.78, 5) is 14.5. The summed E-state index contributed by atoms with van der Waals surface area (Å²) >= 11 is 0. The molecular formula is C27H30FN5O2. The number of amides is 1. The summed E-state index contributed by atoms with van der Waals surface area (Å²) in [5.74, 6) is 0.278. The summed E-state index contributed by atoms with van der Waals surface area (Å²) in [6.07, 6.45) is 1.31. The summed E-state index contributed by atoms with van der Waals surface area (Å²) in [5.41, 5.74) is 2.65. The fourth-order valence-corrected chi connectivity index (χ4v) is 4.16. The van der Waals surface area contributed by atoms with Crippen LogP contribution in [0.3, 0.4) is 0 Å². The van der Waals surface area contributed by atoms with Crippen molar-refractivity contribution in [2.45, 2.75) is 52.2 Å². The summed E-state index contributed by atoms with van der Waals surface area (Å²) < 4.78 is 21.6. The largest absolute Gasteiger partial charge is 0.444 e. The number of hydrogen-bond donors (Lipinski definition) is 1. The Kier molecular flexibility index (Phi) is 6.79.